The van der Waals surface area contributed by atoms with Crippen LogP contribution >= 0.6 is 0 Å². The second-order valence-electron chi connectivity index (χ2n) is 1.33. The van der Waals surface area contributed by atoms with Gasteiger partial charge in [0.2, 0.25) is 0 Å². The van der Waals surface area contributed by atoms with Crippen molar-refractivity contribution in [2.45, 2.75) is 0 Å². The Balaban J connectivity index is 2.31. The molecule has 0 aromatic heterocycles. The highest BCUT2D eigenvalue weighted by Crippen LogP contribution is 2.02. The highest BCUT2D eigenvalue weighted by Gasteiger charge is 2.13. The van der Waals surface area contributed by atoms with E-state index in [4.69, 9.17) is 5.26 Å². The zero-order chi connectivity index (χ0) is 5.11. The molecule has 1 saturated heterocycles. The van der Waals surface area contributed by atoms with Crippen LogP contribution in [-0.4, -0.2) is 6.61 Å². The van der Waals surface area contributed by atoms with Gasteiger partial charge in [-0.3, -0.25) is 4.84 Å². The second-order valence-corrected chi connectivity index (χ2v) is 1.33. The van der Waals surface area contributed by atoms with Crippen LogP contribution in [-0.2, 0) is 4.84 Å². The number of nitrogens with zero attached hydrogens (tertiary/aromatic N) is 1. The Hall–Kier alpha value is -0.590. The first-order chi connectivity index (χ1) is 3.43. The maximum atomic E-state index is 8.16. The van der Waals surface area contributed by atoms with E-state index in [0.29, 0.717) is 6.61 Å². The predicted molar refractivity (Wildman–Crippen MR) is 22.5 cm³/mol. The van der Waals surface area contributed by atoms with Gasteiger partial charge in [0.15, 0.2) is 0 Å². The molecule has 0 aliphatic carbocycles. The second kappa shape index (κ2) is 1.92. The van der Waals surface area contributed by atoms with Gasteiger partial charge in [-0.15, -0.1) is 0 Å². The first kappa shape index (κ1) is 4.57. The van der Waals surface area contributed by atoms with Gasteiger partial charge >= 0.3 is 0 Å². The van der Waals surface area contributed by atoms with Gasteiger partial charge in [0.1, 0.15) is 0 Å². The van der Waals surface area contributed by atoms with Crippen LogP contribution in [0, 0.1) is 23.8 Å². The van der Waals surface area contributed by atoms with Crippen LogP contribution in [0.4, 0.5) is 0 Å². The van der Waals surface area contributed by atoms with Crippen LogP contribution in [0.1, 0.15) is 0 Å². The van der Waals surface area contributed by atoms with Crippen molar-refractivity contribution in [2.75, 3.05) is 6.61 Å². The average Bonchev–Trinajstić information content (AvgIpc) is 2.14. The van der Waals surface area contributed by atoms with Crippen LogP contribution in [0.15, 0.2) is 0 Å². The lowest BCUT2D eigenvalue weighted by Crippen LogP contribution is -1.97. The Bertz CT molecular complexity index is 90.4. The highest BCUT2D eigenvalue weighted by atomic mass is 16.7. The van der Waals surface area contributed by atoms with Crippen molar-refractivity contribution in [1.82, 2.24) is 5.48 Å². The molecule has 0 saturated carbocycles. The van der Waals surface area contributed by atoms with Crippen LogP contribution < -0.4 is 5.48 Å². The normalized spacial score (nSPS) is 29.9. The van der Waals surface area contributed by atoms with Gasteiger partial charge in [-0.05, 0) is 0 Å². The molecule has 1 heterocycles. The zero-order valence-electron chi connectivity index (χ0n) is 3.72. The number of hydrogen-bond acceptors (Lipinski definition) is 3. The van der Waals surface area contributed by atoms with Crippen molar-refractivity contribution in [2.24, 2.45) is 5.92 Å². The quantitative estimate of drug-likeness (QED) is 0.456. The van der Waals surface area contributed by atoms with Crippen molar-refractivity contribution in [3.63, 3.8) is 0 Å². The number of nitrogens with one attached hydrogen (secondary N) is 1. The van der Waals surface area contributed by atoms with Gasteiger partial charge in [-0.1, -0.05) is 0 Å². The molecule has 3 nitrogen and oxygen atoms in total. The van der Waals surface area contributed by atoms with Gasteiger partial charge in [-0.25, -0.2) is 0 Å². The lowest BCUT2D eigenvalue weighted by molar-refractivity contribution is 0.106. The molecule has 0 spiro atoms. The average molecular weight is 97.1 g/mol. The maximum absolute atomic E-state index is 8.16. The smallest absolute Gasteiger partial charge is 0.0909 e. The molecule has 1 radical (unpaired) electrons. The topological polar surface area (TPSA) is 45.0 Å². The monoisotopic (exact) mass is 97.0 g/mol. The lowest BCUT2D eigenvalue weighted by atomic mass is 10.2. The van der Waals surface area contributed by atoms with E-state index in [1.54, 1.807) is 6.54 Å². The Morgan fingerprint density at radius 2 is 2.86 bits per heavy atom. The zero-order valence-corrected chi connectivity index (χ0v) is 3.72. The van der Waals surface area contributed by atoms with Crippen molar-refractivity contribution < 1.29 is 4.84 Å². The molecule has 3 heteroatoms. The highest BCUT2D eigenvalue weighted by molar-refractivity contribution is 4.92. The number of rotatable bonds is 0. The summed E-state index contributed by atoms with van der Waals surface area (Å²) in [5.74, 6) is -0.0556. The first-order valence-electron chi connectivity index (χ1n) is 2.04. The van der Waals surface area contributed by atoms with E-state index in [-0.39, 0.29) is 5.92 Å². The van der Waals surface area contributed by atoms with E-state index in [2.05, 4.69) is 10.3 Å². The van der Waals surface area contributed by atoms with Crippen LogP contribution in [0.5, 0.6) is 0 Å². The van der Waals surface area contributed by atoms with Crippen molar-refractivity contribution >= 4 is 0 Å². The van der Waals surface area contributed by atoms with Crippen molar-refractivity contribution in [3.8, 4) is 6.07 Å². The third-order valence-corrected chi connectivity index (χ3v) is 0.781. The van der Waals surface area contributed by atoms with Crippen LogP contribution in [0.2, 0.25) is 0 Å². The van der Waals surface area contributed by atoms with E-state index in [1.807, 2.05) is 6.07 Å². The first-order valence-corrected chi connectivity index (χ1v) is 2.04. The minimum absolute atomic E-state index is 0.0556. The molecule has 1 aliphatic rings. The molecule has 1 atom stereocenters. The summed E-state index contributed by atoms with van der Waals surface area (Å²) in [5, 5.41) is 8.16. The van der Waals surface area contributed by atoms with Gasteiger partial charge in [0.25, 0.3) is 0 Å². The summed E-state index contributed by atoms with van der Waals surface area (Å²) in [4.78, 5) is 4.62. The maximum Gasteiger partial charge on any atom is 0.0909 e. The SMILES string of the molecule is N#CC1[CH]NOC1. The molecule has 0 aromatic rings. The number of nitriles is 1. The van der Waals surface area contributed by atoms with Crippen LogP contribution in [0.3, 0.4) is 0 Å². The van der Waals surface area contributed by atoms with E-state index < -0.39 is 0 Å². The van der Waals surface area contributed by atoms with E-state index in [9.17, 15) is 0 Å². The number of hydrogen-bond donors (Lipinski definition) is 1. The largest absolute Gasteiger partial charge is 0.300 e. The van der Waals surface area contributed by atoms with Gasteiger partial charge in [-0.2, -0.15) is 10.7 Å². The fourth-order valence-electron chi connectivity index (χ4n) is 0.391. The van der Waals surface area contributed by atoms with Crippen LogP contribution in [0.25, 0.3) is 0 Å². The molecule has 0 aromatic carbocycles. The Morgan fingerprint density at radius 3 is 3.14 bits per heavy atom. The summed E-state index contributed by atoms with van der Waals surface area (Å²) in [5.41, 5.74) is 2.48. The van der Waals surface area contributed by atoms with E-state index in [1.165, 1.54) is 0 Å². The molecule has 0 amide bonds. The molecule has 7 heavy (non-hydrogen) atoms. The van der Waals surface area contributed by atoms with E-state index >= 15 is 0 Å². The fraction of sp³-hybridized carbons (Fsp3) is 0.500. The Labute approximate surface area is 41.8 Å². The van der Waals surface area contributed by atoms with Crippen molar-refractivity contribution in [3.05, 3.63) is 6.54 Å². The summed E-state index contributed by atoms with van der Waals surface area (Å²) < 4.78 is 0. The molecule has 1 fully saturated rings. The molecular weight excluding hydrogens is 92.1 g/mol. The molecule has 0 bridgehead atoms. The van der Waals surface area contributed by atoms with E-state index in [0.717, 1.165) is 0 Å². The number of hydroxylamine groups is 1. The summed E-state index contributed by atoms with van der Waals surface area (Å²) in [6.45, 7) is 2.11. The summed E-state index contributed by atoms with van der Waals surface area (Å²) >= 11 is 0. The standard InChI is InChI=1S/C4H5N2O/c5-1-4-2-6-7-3-4/h2,4,6H,3H2. The van der Waals surface area contributed by atoms with Gasteiger partial charge in [0, 0.05) is 0 Å². The molecule has 1 unspecified atom stereocenters. The summed E-state index contributed by atoms with van der Waals surface area (Å²) in [6.07, 6.45) is 0. The summed E-state index contributed by atoms with van der Waals surface area (Å²) in [6, 6.07) is 2.02. The third-order valence-electron chi connectivity index (χ3n) is 0.781. The minimum Gasteiger partial charge on any atom is -0.300 e. The fourth-order valence-corrected chi connectivity index (χ4v) is 0.391. The molecule has 1 N–H and O–H groups in total. The Morgan fingerprint density at radius 1 is 2.00 bits per heavy atom. The lowest BCUT2D eigenvalue weighted by Gasteiger charge is -1.82. The van der Waals surface area contributed by atoms with Crippen molar-refractivity contribution in [1.29, 1.82) is 5.26 Å². The van der Waals surface area contributed by atoms with Gasteiger partial charge < -0.3 is 0 Å². The molecule has 1 aliphatic heterocycles. The molecular formula is C4H5N2O. The van der Waals surface area contributed by atoms with Gasteiger partial charge in [0.05, 0.1) is 25.1 Å². The Kier molecular flexibility index (Phi) is 1.25. The minimum atomic E-state index is -0.0556. The molecule has 37 valence electrons. The summed E-state index contributed by atoms with van der Waals surface area (Å²) in [7, 11) is 0. The predicted octanol–water partition coefficient (Wildman–Crippen LogP) is -0.177. The molecule has 1 rings (SSSR count). The third kappa shape index (κ3) is 0.889.